The molecule has 1 fully saturated rings. The quantitative estimate of drug-likeness (QED) is 0.846. The molecule has 1 aliphatic rings. The molecule has 3 rings (SSSR count). The van der Waals surface area contributed by atoms with Crippen LogP contribution in [0.3, 0.4) is 0 Å². The lowest BCUT2D eigenvalue weighted by Gasteiger charge is -2.21. The molecule has 0 unspecified atom stereocenters. The number of nitrogens with zero attached hydrogens (tertiary/aromatic N) is 2. The largest absolute Gasteiger partial charge is 0.359 e. The maximum Gasteiger partial charge on any atom is 0.234 e. The number of nitrogens with one attached hydrogen (secondary N) is 1. The summed E-state index contributed by atoms with van der Waals surface area (Å²) in [5.41, 5.74) is 6.69. The van der Waals surface area contributed by atoms with Crippen LogP contribution in [-0.4, -0.2) is 21.7 Å². The van der Waals surface area contributed by atoms with Crippen LogP contribution in [0.15, 0.2) is 22.9 Å². The van der Waals surface area contributed by atoms with E-state index >= 15 is 0 Å². The first-order valence-electron chi connectivity index (χ1n) is 6.02. The number of aromatic amines is 1. The maximum absolute atomic E-state index is 5.89. The minimum Gasteiger partial charge on any atom is -0.359 e. The summed E-state index contributed by atoms with van der Waals surface area (Å²) in [4.78, 5) is 7.56. The highest BCUT2D eigenvalue weighted by Crippen LogP contribution is 2.39. The van der Waals surface area contributed by atoms with Crippen LogP contribution in [0.1, 0.15) is 31.6 Å². The summed E-state index contributed by atoms with van der Waals surface area (Å²) in [6, 6.07) is 3.85. The normalized spacial score (nSPS) is 18.6. The Kier molecular flexibility index (Phi) is 2.48. The third-order valence-corrected chi connectivity index (χ3v) is 3.67. The van der Waals surface area contributed by atoms with Gasteiger partial charge in [-0.05, 0) is 25.0 Å². The number of nitrogens with two attached hydrogens (primary N) is 1. The molecule has 0 aliphatic heterocycles. The van der Waals surface area contributed by atoms with Crippen LogP contribution in [0.25, 0.3) is 11.5 Å². The van der Waals surface area contributed by atoms with Crippen LogP contribution in [0.5, 0.6) is 0 Å². The molecule has 90 valence electrons. The second-order valence-corrected chi connectivity index (χ2v) is 4.70. The van der Waals surface area contributed by atoms with Crippen LogP contribution in [0, 0.1) is 0 Å². The van der Waals surface area contributed by atoms with E-state index in [1.165, 1.54) is 12.8 Å². The van der Waals surface area contributed by atoms with Crippen molar-refractivity contribution in [3.8, 4) is 11.5 Å². The van der Waals surface area contributed by atoms with E-state index in [0.717, 1.165) is 18.5 Å². The summed E-state index contributed by atoms with van der Waals surface area (Å²) in [7, 11) is 0. The maximum atomic E-state index is 5.89. The Morgan fingerprint density at radius 1 is 1.41 bits per heavy atom. The fourth-order valence-electron chi connectivity index (χ4n) is 2.57. The van der Waals surface area contributed by atoms with Crippen molar-refractivity contribution in [3.05, 3.63) is 24.2 Å². The van der Waals surface area contributed by atoms with Crippen molar-refractivity contribution in [2.75, 3.05) is 6.54 Å². The van der Waals surface area contributed by atoms with Gasteiger partial charge in [0.25, 0.3) is 0 Å². The zero-order valence-electron chi connectivity index (χ0n) is 9.65. The van der Waals surface area contributed by atoms with Gasteiger partial charge < -0.3 is 15.2 Å². The van der Waals surface area contributed by atoms with Gasteiger partial charge >= 0.3 is 0 Å². The minimum atomic E-state index is -0.0855. The highest BCUT2D eigenvalue weighted by molar-refractivity contribution is 5.48. The topological polar surface area (TPSA) is 80.7 Å². The standard InChI is InChI=1S/C12H16N4O/c13-8-12(5-1-2-6-12)11-15-10(16-17-11)9-4-3-7-14-9/h3-4,7,14H,1-2,5-6,8,13H2. The summed E-state index contributed by atoms with van der Waals surface area (Å²) >= 11 is 0. The Morgan fingerprint density at radius 3 is 2.88 bits per heavy atom. The Labute approximate surface area is 99.4 Å². The number of hydrogen-bond acceptors (Lipinski definition) is 4. The highest BCUT2D eigenvalue weighted by atomic mass is 16.5. The lowest BCUT2D eigenvalue weighted by molar-refractivity contribution is 0.284. The Balaban J connectivity index is 1.94. The average molecular weight is 232 g/mol. The van der Waals surface area contributed by atoms with Crippen LogP contribution in [0.4, 0.5) is 0 Å². The lowest BCUT2D eigenvalue weighted by Crippen LogP contribution is -2.32. The van der Waals surface area contributed by atoms with Crippen LogP contribution >= 0.6 is 0 Å². The summed E-state index contributed by atoms with van der Waals surface area (Å²) in [5.74, 6) is 1.31. The molecule has 2 aromatic heterocycles. The van der Waals surface area contributed by atoms with Gasteiger partial charge in [0.2, 0.25) is 11.7 Å². The Bertz CT molecular complexity index is 482. The van der Waals surface area contributed by atoms with Crippen molar-refractivity contribution in [2.24, 2.45) is 5.73 Å². The van der Waals surface area contributed by atoms with Gasteiger partial charge in [-0.3, -0.25) is 0 Å². The lowest BCUT2D eigenvalue weighted by atomic mass is 9.86. The van der Waals surface area contributed by atoms with E-state index in [9.17, 15) is 0 Å². The predicted molar refractivity (Wildman–Crippen MR) is 63.3 cm³/mol. The van der Waals surface area contributed by atoms with Gasteiger partial charge in [0.05, 0.1) is 11.1 Å². The molecular weight excluding hydrogens is 216 g/mol. The van der Waals surface area contributed by atoms with Crippen LogP contribution in [-0.2, 0) is 5.41 Å². The molecule has 0 bridgehead atoms. The molecule has 17 heavy (non-hydrogen) atoms. The first kappa shape index (κ1) is 10.5. The zero-order chi connectivity index (χ0) is 11.7. The van der Waals surface area contributed by atoms with Crippen molar-refractivity contribution < 1.29 is 4.52 Å². The van der Waals surface area contributed by atoms with Gasteiger partial charge in [-0.1, -0.05) is 18.0 Å². The van der Waals surface area contributed by atoms with Crippen molar-refractivity contribution in [3.63, 3.8) is 0 Å². The number of rotatable bonds is 3. The second-order valence-electron chi connectivity index (χ2n) is 4.70. The fourth-order valence-corrected chi connectivity index (χ4v) is 2.57. The summed E-state index contributed by atoms with van der Waals surface area (Å²) in [5, 5.41) is 4.02. The van der Waals surface area contributed by atoms with Crippen LogP contribution < -0.4 is 5.73 Å². The van der Waals surface area contributed by atoms with Crippen LogP contribution in [0.2, 0.25) is 0 Å². The van der Waals surface area contributed by atoms with Gasteiger partial charge in [0.15, 0.2) is 0 Å². The Hall–Kier alpha value is -1.62. The minimum absolute atomic E-state index is 0.0855. The van der Waals surface area contributed by atoms with E-state index in [2.05, 4.69) is 15.1 Å². The van der Waals surface area contributed by atoms with E-state index in [1.54, 1.807) is 0 Å². The third kappa shape index (κ3) is 1.67. The van der Waals surface area contributed by atoms with Crippen molar-refractivity contribution in [2.45, 2.75) is 31.1 Å². The van der Waals surface area contributed by atoms with E-state index in [1.807, 2.05) is 18.3 Å². The summed E-state index contributed by atoms with van der Waals surface area (Å²) in [6.07, 6.45) is 6.33. The second kappa shape index (κ2) is 4.00. The summed E-state index contributed by atoms with van der Waals surface area (Å²) < 4.78 is 5.41. The molecule has 2 aromatic rings. The molecule has 0 atom stereocenters. The number of hydrogen-bond donors (Lipinski definition) is 2. The van der Waals surface area contributed by atoms with E-state index in [0.29, 0.717) is 18.3 Å². The third-order valence-electron chi connectivity index (χ3n) is 3.67. The molecule has 0 radical (unpaired) electrons. The van der Waals surface area contributed by atoms with Gasteiger partial charge in [0.1, 0.15) is 0 Å². The van der Waals surface area contributed by atoms with Crippen molar-refractivity contribution >= 4 is 0 Å². The van der Waals surface area contributed by atoms with Crippen molar-refractivity contribution in [1.82, 2.24) is 15.1 Å². The molecule has 5 heteroatoms. The molecule has 1 aliphatic carbocycles. The SMILES string of the molecule is NCC1(c2nc(-c3ccc[nH]3)no2)CCCC1. The fraction of sp³-hybridized carbons (Fsp3) is 0.500. The summed E-state index contributed by atoms with van der Waals surface area (Å²) in [6.45, 7) is 0.583. The van der Waals surface area contributed by atoms with Gasteiger partial charge in [-0.2, -0.15) is 4.98 Å². The van der Waals surface area contributed by atoms with Gasteiger partial charge in [-0.15, -0.1) is 0 Å². The highest BCUT2D eigenvalue weighted by Gasteiger charge is 2.39. The van der Waals surface area contributed by atoms with E-state index in [-0.39, 0.29) is 5.41 Å². The molecule has 0 aromatic carbocycles. The number of H-pyrrole nitrogens is 1. The van der Waals surface area contributed by atoms with E-state index in [4.69, 9.17) is 10.3 Å². The average Bonchev–Trinajstić information content (AvgIpc) is 3.10. The molecule has 3 N–H and O–H groups in total. The van der Waals surface area contributed by atoms with Gasteiger partial charge in [-0.25, -0.2) is 0 Å². The molecule has 0 amide bonds. The van der Waals surface area contributed by atoms with Gasteiger partial charge in [0, 0.05) is 12.7 Å². The number of aromatic nitrogens is 3. The molecule has 1 saturated carbocycles. The molecule has 2 heterocycles. The Morgan fingerprint density at radius 2 is 2.24 bits per heavy atom. The molecular formula is C12H16N4O. The first-order valence-corrected chi connectivity index (χ1v) is 6.02. The predicted octanol–water partition coefficient (Wildman–Crippen LogP) is 1.84. The molecule has 0 saturated heterocycles. The smallest absolute Gasteiger partial charge is 0.234 e. The van der Waals surface area contributed by atoms with Crippen molar-refractivity contribution in [1.29, 1.82) is 0 Å². The molecule has 5 nitrogen and oxygen atoms in total. The zero-order valence-corrected chi connectivity index (χ0v) is 9.65. The first-order chi connectivity index (χ1) is 8.34. The monoisotopic (exact) mass is 232 g/mol. The van der Waals surface area contributed by atoms with E-state index < -0.39 is 0 Å². The molecule has 0 spiro atoms.